The van der Waals surface area contributed by atoms with Gasteiger partial charge in [-0.2, -0.15) is 5.10 Å². The van der Waals surface area contributed by atoms with Crippen LogP contribution >= 0.6 is 11.6 Å². The molecule has 1 aliphatic carbocycles. The molecule has 0 radical (unpaired) electrons. The highest BCUT2D eigenvalue weighted by Crippen LogP contribution is 2.40. The number of ether oxygens (including phenoxy) is 3. The molecule has 1 saturated carbocycles. The molecule has 2 bridgehead atoms. The van der Waals surface area contributed by atoms with Crippen LogP contribution in [0.2, 0.25) is 5.02 Å². The molecule has 0 unspecified atom stereocenters. The Morgan fingerprint density at radius 1 is 0.935 bits per heavy atom. The number of fused-ring (bicyclic) bond motifs is 2. The lowest BCUT2D eigenvalue weighted by Gasteiger charge is -2.43. The Hall–Kier alpha value is -3.74. The zero-order valence-corrected chi connectivity index (χ0v) is 27.4. The molecule has 0 spiro atoms. The van der Waals surface area contributed by atoms with Crippen molar-refractivity contribution in [3.05, 3.63) is 54.5 Å². The Labute approximate surface area is 274 Å². The molecule has 13 heteroatoms. The molecule has 3 aromatic heterocycles. The normalized spacial score (nSPS) is 23.8. The van der Waals surface area contributed by atoms with Gasteiger partial charge in [-0.1, -0.05) is 17.7 Å². The van der Waals surface area contributed by atoms with Crippen LogP contribution in [0.25, 0.3) is 11.1 Å². The molecular formula is C33H42ClN9O3. The number of hydrogen-bond acceptors (Lipinski definition) is 10. The summed E-state index contributed by atoms with van der Waals surface area (Å²) in [6, 6.07) is 7.85. The van der Waals surface area contributed by atoms with Gasteiger partial charge < -0.3 is 19.5 Å². The van der Waals surface area contributed by atoms with Crippen molar-refractivity contribution in [2.45, 2.75) is 102 Å². The van der Waals surface area contributed by atoms with Crippen molar-refractivity contribution < 1.29 is 14.2 Å². The highest BCUT2D eigenvalue weighted by atomic mass is 35.5. The van der Waals surface area contributed by atoms with Gasteiger partial charge in [0.1, 0.15) is 30.2 Å². The number of rotatable bonds is 11. The van der Waals surface area contributed by atoms with Gasteiger partial charge in [0.2, 0.25) is 5.95 Å². The zero-order chi connectivity index (χ0) is 31.6. The van der Waals surface area contributed by atoms with Gasteiger partial charge in [0.25, 0.3) is 5.88 Å². The molecule has 1 N–H and O–H groups in total. The Bertz CT molecular complexity index is 1570. The second kappa shape index (κ2) is 13.5. The molecule has 7 rings (SSSR count). The number of anilines is 2. The van der Waals surface area contributed by atoms with E-state index in [1.807, 2.05) is 45.2 Å². The minimum absolute atomic E-state index is 0.0139. The van der Waals surface area contributed by atoms with E-state index in [1.165, 1.54) is 32.0 Å². The Morgan fingerprint density at radius 2 is 1.65 bits per heavy atom. The zero-order valence-electron chi connectivity index (χ0n) is 26.6. The average Bonchev–Trinajstić information content (AvgIpc) is 3.76. The van der Waals surface area contributed by atoms with Crippen LogP contribution in [0.4, 0.5) is 11.6 Å². The average molecular weight is 648 g/mol. The largest absolute Gasteiger partial charge is 0.487 e. The first-order chi connectivity index (χ1) is 22.4. The van der Waals surface area contributed by atoms with Gasteiger partial charge >= 0.3 is 0 Å². The second-order valence-corrected chi connectivity index (χ2v) is 13.3. The van der Waals surface area contributed by atoms with Gasteiger partial charge in [-0.3, -0.25) is 9.58 Å². The third kappa shape index (κ3) is 6.84. The van der Waals surface area contributed by atoms with Crippen LogP contribution in [0, 0.1) is 0 Å². The first kappa shape index (κ1) is 30.9. The molecule has 5 heterocycles. The highest BCUT2D eigenvalue weighted by Gasteiger charge is 2.42. The number of benzene rings is 1. The molecule has 3 aliphatic rings. The minimum Gasteiger partial charge on any atom is -0.487 e. The van der Waals surface area contributed by atoms with E-state index < -0.39 is 0 Å². The Balaban J connectivity index is 1.01. The van der Waals surface area contributed by atoms with E-state index in [0.717, 1.165) is 42.9 Å². The van der Waals surface area contributed by atoms with E-state index in [0.29, 0.717) is 53.3 Å². The second-order valence-electron chi connectivity index (χ2n) is 12.9. The summed E-state index contributed by atoms with van der Waals surface area (Å²) in [6.45, 7) is 8.32. The number of hydrogen-bond donors (Lipinski definition) is 1. The standard InChI is InChI=1S/C33H42ClN9O3/c1-21(2)45-32-30(16-42(40-32)25-5-7-26(8-6-25)43-27-9-10-28(43)18-44-17-27)39-33-36-13-24(14-37-33)23-4-11-29(34)31(12-23)46-22(3)15-41-20-35-19-38-41/h4,11-14,16,19-22,25-28H,5-10,15,17-18H2,1-3H3,(H,36,37,39)/t22-,25?,26?,27-,28+/m0/s1. The van der Waals surface area contributed by atoms with Gasteiger partial charge in [0.05, 0.1) is 43.1 Å². The summed E-state index contributed by atoms with van der Waals surface area (Å²) >= 11 is 6.46. The van der Waals surface area contributed by atoms with Crippen molar-refractivity contribution in [2.75, 3.05) is 18.5 Å². The van der Waals surface area contributed by atoms with Crippen LogP contribution in [-0.4, -0.2) is 83.0 Å². The van der Waals surface area contributed by atoms with E-state index in [-0.39, 0.29) is 12.2 Å². The molecule has 3 atom stereocenters. The lowest BCUT2D eigenvalue weighted by atomic mass is 9.89. The molecule has 2 aliphatic heterocycles. The number of halogens is 1. The predicted molar refractivity (Wildman–Crippen MR) is 175 cm³/mol. The molecular weight excluding hydrogens is 606 g/mol. The fourth-order valence-corrected chi connectivity index (χ4v) is 7.28. The van der Waals surface area contributed by atoms with Gasteiger partial charge in [-0.05, 0) is 77.0 Å². The minimum atomic E-state index is -0.157. The summed E-state index contributed by atoms with van der Waals surface area (Å²) in [5, 5.41) is 12.9. The number of aromatic nitrogens is 7. The van der Waals surface area contributed by atoms with Gasteiger partial charge in [0.15, 0.2) is 0 Å². The third-order valence-corrected chi connectivity index (χ3v) is 9.52. The number of nitrogens with zero attached hydrogens (tertiary/aromatic N) is 8. The van der Waals surface area contributed by atoms with Crippen molar-refractivity contribution in [2.24, 2.45) is 0 Å². The summed E-state index contributed by atoms with van der Waals surface area (Å²) in [6.07, 6.45) is 15.7. The SMILES string of the molecule is CC(C)Oc1nn(C2CCC(N3[C@@H]4CC[C@H]3COC4)CC2)cc1Nc1ncc(-c2ccc(Cl)c(O[C@@H](C)Cn3cncn3)c2)cn1. The van der Waals surface area contributed by atoms with E-state index >= 15 is 0 Å². The molecule has 12 nitrogen and oxygen atoms in total. The van der Waals surface area contributed by atoms with Crippen LogP contribution in [0.5, 0.6) is 11.6 Å². The summed E-state index contributed by atoms with van der Waals surface area (Å²) in [7, 11) is 0. The maximum atomic E-state index is 6.46. The molecule has 2 saturated heterocycles. The van der Waals surface area contributed by atoms with E-state index in [1.54, 1.807) is 23.4 Å². The summed E-state index contributed by atoms with van der Waals surface area (Å²) in [5.74, 6) is 1.62. The van der Waals surface area contributed by atoms with Crippen molar-refractivity contribution in [1.29, 1.82) is 0 Å². The van der Waals surface area contributed by atoms with Gasteiger partial charge in [-0.25, -0.2) is 19.6 Å². The summed E-state index contributed by atoms with van der Waals surface area (Å²) in [4.78, 5) is 16.0. The van der Waals surface area contributed by atoms with Gasteiger partial charge in [0, 0.05) is 36.1 Å². The molecule has 1 aromatic carbocycles. The van der Waals surface area contributed by atoms with Crippen LogP contribution in [-0.2, 0) is 11.3 Å². The fraction of sp³-hybridized carbons (Fsp3) is 0.545. The maximum absolute atomic E-state index is 6.46. The summed E-state index contributed by atoms with van der Waals surface area (Å²) < 4.78 is 21.9. The first-order valence-corrected chi connectivity index (χ1v) is 16.8. The molecule has 0 amide bonds. The van der Waals surface area contributed by atoms with Crippen LogP contribution < -0.4 is 14.8 Å². The number of nitrogens with one attached hydrogen (secondary N) is 1. The van der Waals surface area contributed by atoms with E-state index in [2.05, 4.69) is 34.9 Å². The van der Waals surface area contributed by atoms with Crippen LogP contribution in [0.15, 0.2) is 49.4 Å². The van der Waals surface area contributed by atoms with E-state index in [9.17, 15) is 0 Å². The monoisotopic (exact) mass is 647 g/mol. The van der Waals surface area contributed by atoms with Gasteiger partial charge in [-0.15, -0.1) is 5.10 Å². The molecule has 3 fully saturated rings. The third-order valence-electron chi connectivity index (χ3n) is 9.21. The van der Waals surface area contributed by atoms with Crippen LogP contribution in [0.3, 0.4) is 0 Å². The van der Waals surface area contributed by atoms with Crippen LogP contribution in [0.1, 0.15) is 65.3 Å². The van der Waals surface area contributed by atoms with Crippen molar-refractivity contribution >= 4 is 23.2 Å². The fourth-order valence-electron chi connectivity index (χ4n) is 7.12. The topological polar surface area (TPSA) is 117 Å². The van der Waals surface area contributed by atoms with E-state index in [4.69, 9.17) is 30.9 Å². The molecule has 46 heavy (non-hydrogen) atoms. The molecule has 244 valence electrons. The smallest absolute Gasteiger partial charge is 0.257 e. The summed E-state index contributed by atoms with van der Waals surface area (Å²) in [5.41, 5.74) is 2.50. The highest BCUT2D eigenvalue weighted by molar-refractivity contribution is 6.32. The lowest BCUT2D eigenvalue weighted by Crippen LogP contribution is -2.52. The predicted octanol–water partition coefficient (Wildman–Crippen LogP) is 5.93. The van der Waals surface area contributed by atoms with Crippen molar-refractivity contribution in [3.63, 3.8) is 0 Å². The first-order valence-electron chi connectivity index (χ1n) is 16.4. The quantitative estimate of drug-likeness (QED) is 0.210. The van der Waals surface area contributed by atoms with Crippen molar-refractivity contribution in [3.8, 4) is 22.8 Å². The number of morpholine rings is 1. The Morgan fingerprint density at radius 3 is 2.35 bits per heavy atom. The van der Waals surface area contributed by atoms with Crippen molar-refractivity contribution in [1.82, 2.24) is 39.4 Å². The lowest BCUT2D eigenvalue weighted by molar-refractivity contribution is -0.0458. The molecule has 4 aromatic rings. The maximum Gasteiger partial charge on any atom is 0.257 e. The Kier molecular flexibility index (Phi) is 9.10.